The second-order valence-electron chi connectivity index (χ2n) is 5.23. The SMILES string of the molecule is COc1ccc(C(C(=O)O)N2CC(C)OC(C)C2)cc1. The Hall–Kier alpha value is -1.59. The van der Waals surface area contributed by atoms with Crippen LogP contribution in [0.5, 0.6) is 5.75 Å². The smallest absolute Gasteiger partial charge is 0.325 e. The summed E-state index contributed by atoms with van der Waals surface area (Å²) in [6, 6.07) is 6.55. The van der Waals surface area contributed by atoms with E-state index in [4.69, 9.17) is 9.47 Å². The third kappa shape index (κ3) is 3.29. The number of hydrogen-bond acceptors (Lipinski definition) is 4. The number of nitrogens with zero attached hydrogens (tertiary/aromatic N) is 1. The summed E-state index contributed by atoms with van der Waals surface area (Å²) < 4.78 is 10.8. The molecule has 5 heteroatoms. The highest BCUT2D eigenvalue weighted by Crippen LogP contribution is 2.26. The van der Waals surface area contributed by atoms with Crippen molar-refractivity contribution in [1.29, 1.82) is 0 Å². The highest BCUT2D eigenvalue weighted by atomic mass is 16.5. The van der Waals surface area contributed by atoms with Gasteiger partial charge in [0.1, 0.15) is 11.8 Å². The first-order valence-electron chi connectivity index (χ1n) is 6.77. The van der Waals surface area contributed by atoms with Crippen LogP contribution in [0.3, 0.4) is 0 Å². The molecular formula is C15H21NO4. The number of benzene rings is 1. The van der Waals surface area contributed by atoms with Crippen LogP contribution >= 0.6 is 0 Å². The number of aliphatic carboxylic acids is 1. The van der Waals surface area contributed by atoms with Gasteiger partial charge in [0.2, 0.25) is 0 Å². The van der Waals surface area contributed by atoms with Crippen LogP contribution in [0, 0.1) is 0 Å². The van der Waals surface area contributed by atoms with Gasteiger partial charge in [0.25, 0.3) is 0 Å². The van der Waals surface area contributed by atoms with Gasteiger partial charge >= 0.3 is 5.97 Å². The predicted octanol–water partition coefficient (Wildman–Crippen LogP) is 1.93. The van der Waals surface area contributed by atoms with E-state index in [9.17, 15) is 9.90 Å². The van der Waals surface area contributed by atoms with Crippen molar-refractivity contribution < 1.29 is 19.4 Å². The van der Waals surface area contributed by atoms with Gasteiger partial charge in [-0.25, -0.2) is 0 Å². The summed E-state index contributed by atoms with van der Waals surface area (Å²) in [5.41, 5.74) is 0.764. The molecule has 3 atom stereocenters. The Morgan fingerprint density at radius 3 is 2.30 bits per heavy atom. The van der Waals surface area contributed by atoms with Gasteiger partial charge in [0, 0.05) is 13.1 Å². The van der Waals surface area contributed by atoms with Crippen LogP contribution in [-0.2, 0) is 9.53 Å². The average molecular weight is 279 g/mol. The molecule has 1 saturated heterocycles. The minimum atomic E-state index is -0.837. The van der Waals surface area contributed by atoms with Gasteiger partial charge in [0.05, 0.1) is 19.3 Å². The van der Waals surface area contributed by atoms with E-state index in [0.717, 1.165) is 11.3 Å². The zero-order valence-electron chi connectivity index (χ0n) is 12.1. The zero-order valence-corrected chi connectivity index (χ0v) is 12.1. The number of hydrogen-bond donors (Lipinski definition) is 1. The summed E-state index contributed by atoms with van der Waals surface area (Å²) in [5, 5.41) is 9.56. The number of carbonyl (C=O) groups is 1. The molecule has 1 aliphatic heterocycles. The Morgan fingerprint density at radius 2 is 1.85 bits per heavy atom. The third-order valence-corrected chi connectivity index (χ3v) is 3.48. The van der Waals surface area contributed by atoms with Crippen molar-refractivity contribution in [2.24, 2.45) is 0 Å². The topological polar surface area (TPSA) is 59.0 Å². The fourth-order valence-corrected chi connectivity index (χ4v) is 2.72. The van der Waals surface area contributed by atoms with E-state index in [-0.39, 0.29) is 12.2 Å². The minimum absolute atomic E-state index is 0.0406. The van der Waals surface area contributed by atoms with E-state index in [1.54, 1.807) is 19.2 Å². The second-order valence-corrected chi connectivity index (χ2v) is 5.23. The van der Waals surface area contributed by atoms with E-state index < -0.39 is 12.0 Å². The fourth-order valence-electron chi connectivity index (χ4n) is 2.72. The predicted molar refractivity (Wildman–Crippen MR) is 75.0 cm³/mol. The van der Waals surface area contributed by atoms with Gasteiger partial charge in [-0.15, -0.1) is 0 Å². The highest BCUT2D eigenvalue weighted by molar-refractivity contribution is 5.75. The lowest BCUT2D eigenvalue weighted by atomic mass is 10.0. The molecule has 1 aliphatic rings. The largest absolute Gasteiger partial charge is 0.497 e. The minimum Gasteiger partial charge on any atom is -0.497 e. The van der Waals surface area contributed by atoms with Crippen molar-refractivity contribution in [3.63, 3.8) is 0 Å². The molecule has 0 amide bonds. The average Bonchev–Trinajstić information content (AvgIpc) is 2.38. The van der Waals surface area contributed by atoms with Gasteiger partial charge in [-0.3, -0.25) is 9.69 Å². The summed E-state index contributed by atoms with van der Waals surface area (Å²) in [7, 11) is 1.59. The maximum absolute atomic E-state index is 11.7. The Labute approximate surface area is 119 Å². The molecule has 3 unspecified atom stereocenters. The monoisotopic (exact) mass is 279 g/mol. The lowest BCUT2D eigenvalue weighted by molar-refractivity contribution is -0.149. The molecule has 1 heterocycles. The highest BCUT2D eigenvalue weighted by Gasteiger charge is 2.33. The van der Waals surface area contributed by atoms with Gasteiger partial charge in [-0.2, -0.15) is 0 Å². The zero-order chi connectivity index (χ0) is 14.7. The maximum Gasteiger partial charge on any atom is 0.325 e. The Bertz CT molecular complexity index is 449. The quantitative estimate of drug-likeness (QED) is 0.912. The normalized spacial score (nSPS) is 25.1. The standard InChI is InChI=1S/C15H21NO4/c1-10-8-16(9-11(2)20-10)14(15(17)18)12-4-6-13(19-3)7-5-12/h4-7,10-11,14H,8-9H2,1-3H3,(H,17,18). The molecule has 0 bridgehead atoms. The molecule has 1 fully saturated rings. The molecule has 20 heavy (non-hydrogen) atoms. The molecule has 1 aromatic carbocycles. The first kappa shape index (κ1) is 14.8. The fraction of sp³-hybridized carbons (Fsp3) is 0.533. The van der Waals surface area contributed by atoms with Crippen LogP contribution in [-0.4, -0.2) is 48.4 Å². The first-order chi connectivity index (χ1) is 9.51. The molecule has 2 rings (SSSR count). The van der Waals surface area contributed by atoms with Crippen LogP contribution < -0.4 is 4.74 Å². The van der Waals surface area contributed by atoms with E-state index in [2.05, 4.69) is 0 Å². The third-order valence-electron chi connectivity index (χ3n) is 3.48. The Balaban J connectivity index is 2.23. The van der Waals surface area contributed by atoms with Crippen LogP contribution in [0.1, 0.15) is 25.5 Å². The summed E-state index contributed by atoms with van der Waals surface area (Å²) >= 11 is 0. The second kappa shape index (κ2) is 6.24. The molecule has 0 saturated carbocycles. The summed E-state index contributed by atoms with van der Waals surface area (Å²) in [4.78, 5) is 13.6. The van der Waals surface area contributed by atoms with E-state index in [0.29, 0.717) is 13.1 Å². The van der Waals surface area contributed by atoms with Crippen molar-refractivity contribution in [1.82, 2.24) is 4.90 Å². The van der Waals surface area contributed by atoms with Gasteiger partial charge < -0.3 is 14.6 Å². The van der Waals surface area contributed by atoms with E-state index >= 15 is 0 Å². The number of methoxy groups -OCH3 is 1. The molecule has 0 radical (unpaired) electrons. The van der Waals surface area contributed by atoms with Gasteiger partial charge in [-0.05, 0) is 31.5 Å². The van der Waals surface area contributed by atoms with Gasteiger partial charge in [0.15, 0.2) is 0 Å². The Kier molecular flexibility index (Phi) is 4.62. The molecule has 0 aliphatic carbocycles. The molecule has 1 aromatic rings. The summed E-state index contributed by atoms with van der Waals surface area (Å²) in [6.07, 6.45) is 0.0812. The molecule has 110 valence electrons. The summed E-state index contributed by atoms with van der Waals surface area (Å²) in [5.74, 6) is -0.113. The van der Waals surface area contributed by atoms with Crippen LogP contribution in [0.25, 0.3) is 0 Å². The molecule has 0 aromatic heterocycles. The number of rotatable bonds is 4. The van der Waals surface area contributed by atoms with Crippen molar-refractivity contribution in [2.75, 3.05) is 20.2 Å². The number of morpholine rings is 1. The van der Waals surface area contributed by atoms with Gasteiger partial charge in [-0.1, -0.05) is 12.1 Å². The number of carboxylic acid groups (broad SMARTS) is 1. The molecule has 5 nitrogen and oxygen atoms in total. The van der Waals surface area contributed by atoms with Crippen molar-refractivity contribution in [2.45, 2.75) is 32.1 Å². The number of carboxylic acids is 1. The Morgan fingerprint density at radius 1 is 1.30 bits per heavy atom. The van der Waals surface area contributed by atoms with Crippen LogP contribution in [0.4, 0.5) is 0 Å². The lowest BCUT2D eigenvalue weighted by Crippen LogP contribution is -2.48. The number of ether oxygens (including phenoxy) is 2. The molecular weight excluding hydrogens is 258 g/mol. The van der Waals surface area contributed by atoms with Crippen molar-refractivity contribution >= 4 is 5.97 Å². The lowest BCUT2D eigenvalue weighted by Gasteiger charge is -2.38. The summed E-state index contributed by atoms with van der Waals surface area (Å²) in [6.45, 7) is 5.17. The van der Waals surface area contributed by atoms with Crippen LogP contribution in [0.15, 0.2) is 24.3 Å². The van der Waals surface area contributed by atoms with Crippen LogP contribution in [0.2, 0.25) is 0 Å². The van der Waals surface area contributed by atoms with Crippen molar-refractivity contribution in [3.8, 4) is 5.75 Å². The molecule has 1 N–H and O–H groups in total. The van der Waals surface area contributed by atoms with Crippen molar-refractivity contribution in [3.05, 3.63) is 29.8 Å². The first-order valence-corrected chi connectivity index (χ1v) is 6.77. The molecule has 0 spiro atoms. The maximum atomic E-state index is 11.7. The van der Waals surface area contributed by atoms with E-state index in [1.807, 2.05) is 30.9 Å². The van der Waals surface area contributed by atoms with E-state index in [1.165, 1.54) is 0 Å².